The molecule has 2 aromatic rings. The van der Waals surface area contributed by atoms with Crippen molar-refractivity contribution in [3.8, 4) is 11.5 Å². The monoisotopic (exact) mass is 404 g/mol. The van der Waals surface area contributed by atoms with Gasteiger partial charge >= 0.3 is 0 Å². The lowest BCUT2D eigenvalue weighted by Gasteiger charge is -2.37. The molecule has 0 bridgehead atoms. The highest BCUT2D eigenvalue weighted by Gasteiger charge is 2.23. The second-order valence-corrected chi connectivity index (χ2v) is 8.59. The minimum Gasteiger partial charge on any atom is -0.495 e. The molecule has 2 aliphatic heterocycles. The molecule has 4 heteroatoms. The van der Waals surface area contributed by atoms with Crippen molar-refractivity contribution < 1.29 is 9.47 Å². The van der Waals surface area contributed by atoms with E-state index in [9.17, 15) is 0 Å². The summed E-state index contributed by atoms with van der Waals surface area (Å²) in [7, 11) is 1.77. The van der Waals surface area contributed by atoms with Crippen LogP contribution in [0.15, 0.2) is 42.5 Å². The van der Waals surface area contributed by atoms with E-state index in [0.29, 0.717) is 0 Å². The Morgan fingerprint density at radius 1 is 1.00 bits per heavy atom. The number of piperazine rings is 1. The van der Waals surface area contributed by atoms with Gasteiger partial charge in [0.25, 0.3) is 0 Å². The molecule has 0 saturated carbocycles. The van der Waals surface area contributed by atoms with Crippen LogP contribution in [0.3, 0.4) is 0 Å². The summed E-state index contributed by atoms with van der Waals surface area (Å²) in [4.78, 5) is 5.07. The smallest absolute Gasteiger partial charge is 0.142 e. The Hall–Kier alpha value is -2.46. The normalized spacial score (nSPS) is 18.8. The number of benzene rings is 2. The van der Waals surface area contributed by atoms with Gasteiger partial charge in [-0.05, 0) is 48.4 Å². The maximum absolute atomic E-state index is 5.80. The first-order valence-electron chi connectivity index (χ1n) is 11.4. The second-order valence-electron chi connectivity index (χ2n) is 8.59. The van der Waals surface area contributed by atoms with Crippen LogP contribution in [0.4, 0.5) is 5.69 Å². The first-order chi connectivity index (χ1) is 14.8. The van der Waals surface area contributed by atoms with Gasteiger partial charge in [0.15, 0.2) is 0 Å². The van der Waals surface area contributed by atoms with E-state index < -0.39 is 0 Å². The van der Waals surface area contributed by atoms with E-state index in [1.807, 2.05) is 0 Å². The number of fused-ring (bicyclic) bond motifs is 2. The molecule has 1 saturated heterocycles. The van der Waals surface area contributed by atoms with Crippen molar-refractivity contribution in [2.45, 2.75) is 32.1 Å². The van der Waals surface area contributed by atoms with Crippen molar-refractivity contribution in [2.24, 2.45) is 0 Å². The number of hydrogen-bond donors (Lipinski definition) is 0. The van der Waals surface area contributed by atoms with Crippen molar-refractivity contribution in [2.75, 3.05) is 51.3 Å². The number of hydrogen-bond acceptors (Lipinski definition) is 4. The zero-order chi connectivity index (χ0) is 20.3. The van der Waals surface area contributed by atoms with Crippen LogP contribution in [0.1, 0.15) is 36.0 Å². The third kappa shape index (κ3) is 3.93. The van der Waals surface area contributed by atoms with Crippen LogP contribution in [0.2, 0.25) is 0 Å². The van der Waals surface area contributed by atoms with E-state index in [-0.39, 0.29) is 0 Å². The SMILES string of the molecule is COc1cc2c(cc1N1CCN(CCC3=CCCCc4ccccc43)CC1)OCC2. The lowest BCUT2D eigenvalue weighted by Crippen LogP contribution is -2.46. The minimum atomic E-state index is 0.786. The quantitative estimate of drug-likeness (QED) is 0.729. The first-order valence-corrected chi connectivity index (χ1v) is 11.4. The van der Waals surface area contributed by atoms with Crippen LogP contribution in [-0.4, -0.2) is 51.3 Å². The molecule has 0 unspecified atom stereocenters. The molecule has 2 heterocycles. The maximum atomic E-state index is 5.80. The summed E-state index contributed by atoms with van der Waals surface area (Å²) in [6, 6.07) is 13.3. The molecule has 4 nitrogen and oxygen atoms in total. The molecule has 0 radical (unpaired) electrons. The fourth-order valence-electron chi connectivity index (χ4n) is 5.06. The van der Waals surface area contributed by atoms with Crippen LogP contribution in [0, 0.1) is 0 Å². The van der Waals surface area contributed by atoms with E-state index in [1.54, 1.807) is 12.7 Å². The van der Waals surface area contributed by atoms with Gasteiger partial charge in [-0.1, -0.05) is 30.3 Å². The molecule has 0 atom stereocenters. The fourth-order valence-corrected chi connectivity index (χ4v) is 5.06. The van der Waals surface area contributed by atoms with Gasteiger partial charge in [-0.3, -0.25) is 4.90 Å². The number of allylic oxidation sites excluding steroid dienone is 1. The Labute approximate surface area is 180 Å². The zero-order valence-electron chi connectivity index (χ0n) is 18.0. The predicted octanol–water partition coefficient (Wildman–Crippen LogP) is 4.56. The first kappa shape index (κ1) is 19.5. The summed E-state index contributed by atoms with van der Waals surface area (Å²) in [6.45, 7) is 6.18. The van der Waals surface area contributed by atoms with Gasteiger partial charge in [0, 0.05) is 50.8 Å². The third-order valence-electron chi connectivity index (χ3n) is 6.81. The Kier molecular flexibility index (Phi) is 5.67. The standard InChI is InChI=1S/C26H32N2O2/c1-29-26-18-22-11-17-30-25(22)19-24(26)28-15-13-27(14-16-28)12-10-21-8-3-2-6-20-7-4-5-9-23(20)21/h4-5,7-9,18-19H,2-3,6,10-17H2,1H3. The predicted molar refractivity (Wildman–Crippen MR) is 123 cm³/mol. The number of anilines is 1. The number of rotatable bonds is 5. The second kappa shape index (κ2) is 8.73. The molecule has 1 fully saturated rings. The van der Waals surface area contributed by atoms with Gasteiger partial charge in [-0.15, -0.1) is 0 Å². The average molecular weight is 405 g/mol. The van der Waals surface area contributed by atoms with Crippen LogP contribution in [0.25, 0.3) is 5.57 Å². The van der Waals surface area contributed by atoms with Crippen molar-refractivity contribution in [1.82, 2.24) is 4.90 Å². The minimum absolute atomic E-state index is 0.786. The van der Waals surface area contributed by atoms with E-state index in [1.165, 1.54) is 41.6 Å². The third-order valence-corrected chi connectivity index (χ3v) is 6.81. The van der Waals surface area contributed by atoms with Crippen LogP contribution in [0.5, 0.6) is 11.5 Å². The van der Waals surface area contributed by atoms with Crippen LogP contribution < -0.4 is 14.4 Å². The van der Waals surface area contributed by atoms with Crippen molar-refractivity contribution in [1.29, 1.82) is 0 Å². The Morgan fingerprint density at radius 2 is 1.87 bits per heavy atom. The average Bonchev–Trinajstić information content (AvgIpc) is 3.16. The summed E-state index contributed by atoms with van der Waals surface area (Å²) >= 11 is 0. The number of aryl methyl sites for hydroxylation is 1. The van der Waals surface area contributed by atoms with Gasteiger partial charge in [0.1, 0.15) is 11.5 Å². The van der Waals surface area contributed by atoms with Crippen LogP contribution in [-0.2, 0) is 12.8 Å². The lowest BCUT2D eigenvalue weighted by molar-refractivity contribution is 0.263. The van der Waals surface area contributed by atoms with Crippen molar-refractivity contribution in [3.63, 3.8) is 0 Å². The lowest BCUT2D eigenvalue weighted by atomic mass is 9.97. The van der Waals surface area contributed by atoms with E-state index in [4.69, 9.17) is 9.47 Å². The van der Waals surface area contributed by atoms with Crippen molar-refractivity contribution in [3.05, 3.63) is 59.2 Å². The van der Waals surface area contributed by atoms with Gasteiger partial charge < -0.3 is 14.4 Å². The van der Waals surface area contributed by atoms with Gasteiger partial charge in [-0.25, -0.2) is 0 Å². The highest BCUT2D eigenvalue weighted by molar-refractivity contribution is 5.69. The Bertz CT molecular complexity index is 929. The summed E-state index contributed by atoms with van der Waals surface area (Å²) < 4.78 is 11.5. The zero-order valence-corrected chi connectivity index (χ0v) is 18.0. The molecule has 0 N–H and O–H groups in total. The van der Waals surface area contributed by atoms with E-state index in [0.717, 1.165) is 63.7 Å². The molecule has 0 spiro atoms. The molecular weight excluding hydrogens is 372 g/mol. The van der Waals surface area contributed by atoms with E-state index in [2.05, 4.69) is 52.3 Å². The van der Waals surface area contributed by atoms with Gasteiger partial charge in [0.2, 0.25) is 0 Å². The topological polar surface area (TPSA) is 24.9 Å². The summed E-state index contributed by atoms with van der Waals surface area (Å²) in [6.07, 6.45) is 8.30. The molecule has 30 heavy (non-hydrogen) atoms. The highest BCUT2D eigenvalue weighted by Crippen LogP contribution is 2.38. The maximum Gasteiger partial charge on any atom is 0.142 e. The van der Waals surface area contributed by atoms with Gasteiger partial charge in [0.05, 0.1) is 19.4 Å². The fraction of sp³-hybridized carbons (Fsp3) is 0.462. The summed E-state index contributed by atoms with van der Waals surface area (Å²) in [5.74, 6) is 2.01. The molecule has 3 aliphatic rings. The number of methoxy groups -OCH3 is 1. The molecule has 5 rings (SSSR count). The summed E-state index contributed by atoms with van der Waals surface area (Å²) in [5, 5.41) is 0. The largest absolute Gasteiger partial charge is 0.495 e. The Morgan fingerprint density at radius 3 is 2.73 bits per heavy atom. The number of nitrogens with zero attached hydrogens (tertiary/aromatic N) is 2. The molecular formula is C26H32N2O2. The molecule has 0 amide bonds. The summed E-state index contributed by atoms with van der Waals surface area (Å²) in [5.41, 5.74) is 7.00. The molecule has 2 aromatic carbocycles. The van der Waals surface area contributed by atoms with Gasteiger partial charge in [-0.2, -0.15) is 0 Å². The number of ether oxygens (including phenoxy) is 2. The van der Waals surface area contributed by atoms with E-state index >= 15 is 0 Å². The highest BCUT2D eigenvalue weighted by atomic mass is 16.5. The molecule has 1 aliphatic carbocycles. The molecule has 158 valence electrons. The van der Waals surface area contributed by atoms with Crippen molar-refractivity contribution >= 4 is 11.3 Å². The Balaban J connectivity index is 1.21. The molecule has 0 aromatic heterocycles. The van der Waals surface area contributed by atoms with Crippen LogP contribution >= 0.6 is 0 Å².